The summed E-state index contributed by atoms with van der Waals surface area (Å²) in [4.78, 5) is 24.5. The van der Waals surface area contributed by atoms with E-state index in [1.54, 1.807) is 6.08 Å². The highest BCUT2D eigenvalue weighted by Gasteiger charge is 2.18. The molecule has 0 fully saturated rings. The lowest BCUT2D eigenvalue weighted by molar-refractivity contribution is -0.143. The van der Waals surface area contributed by atoms with E-state index in [0.717, 1.165) is 77.0 Å². The molecule has 0 aromatic heterocycles. The third-order valence-corrected chi connectivity index (χ3v) is 13.5. The minimum absolute atomic E-state index is 0.0349. The topological polar surface area (TPSA) is 95.9 Å². The molecule has 0 aliphatic carbocycles. The van der Waals surface area contributed by atoms with Gasteiger partial charge in [-0.05, 0) is 57.8 Å². The van der Waals surface area contributed by atoms with Crippen molar-refractivity contribution in [2.24, 2.45) is 0 Å². The van der Waals surface area contributed by atoms with E-state index in [2.05, 4.69) is 31.3 Å². The van der Waals surface area contributed by atoms with Crippen molar-refractivity contribution in [3.63, 3.8) is 0 Å². The molecule has 2 atom stereocenters. The molecule has 6 heteroatoms. The van der Waals surface area contributed by atoms with Crippen molar-refractivity contribution in [3.05, 3.63) is 24.3 Å². The van der Waals surface area contributed by atoms with E-state index in [-0.39, 0.29) is 18.5 Å². The van der Waals surface area contributed by atoms with Gasteiger partial charge in [0.05, 0.1) is 25.4 Å². The molecule has 0 radical (unpaired) electrons. The second-order valence-electron chi connectivity index (χ2n) is 20.0. The maximum Gasteiger partial charge on any atom is 0.305 e. The summed E-state index contributed by atoms with van der Waals surface area (Å²) in [7, 11) is 0. The lowest BCUT2D eigenvalue weighted by Crippen LogP contribution is -2.45. The minimum Gasteiger partial charge on any atom is -0.466 e. The number of aliphatic hydroxyl groups excluding tert-OH is 2. The molecule has 65 heavy (non-hydrogen) atoms. The largest absolute Gasteiger partial charge is 0.466 e. The lowest BCUT2D eigenvalue weighted by atomic mass is 10.0. The summed E-state index contributed by atoms with van der Waals surface area (Å²) in [5.41, 5.74) is 0. The molecule has 0 aromatic rings. The number of esters is 1. The fourth-order valence-corrected chi connectivity index (χ4v) is 8.98. The van der Waals surface area contributed by atoms with Gasteiger partial charge in [0.1, 0.15) is 0 Å². The number of ether oxygens (including phenoxy) is 1. The number of hydrogen-bond donors (Lipinski definition) is 3. The predicted molar refractivity (Wildman–Crippen MR) is 283 cm³/mol. The lowest BCUT2D eigenvalue weighted by Gasteiger charge is -2.20. The van der Waals surface area contributed by atoms with Gasteiger partial charge in [-0.1, -0.05) is 269 Å². The summed E-state index contributed by atoms with van der Waals surface area (Å²) >= 11 is 0. The van der Waals surface area contributed by atoms with Gasteiger partial charge >= 0.3 is 5.97 Å². The van der Waals surface area contributed by atoms with Crippen LogP contribution >= 0.6 is 0 Å². The number of rotatable bonds is 54. The first-order valence-electron chi connectivity index (χ1n) is 29.1. The maximum absolute atomic E-state index is 12.5. The molecular weight excluding hydrogens is 803 g/mol. The van der Waals surface area contributed by atoms with Crippen LogP contribution in [-0.4, -0.2) is 47.4 Å². The highest BCUT2D eigenvalue weighted by Crippen LogP contribution is 2.17. The van der Waals surface area contributed by atoms with Crippen LogP contribution < -0.4 is 5.32 Å². The van der Waals surface area contributed by atoms with Crippen molar-refractivity contribution in [2.75, 3.05) is 13.2 Å². The molecule has 3 N–H and O–H groups in total. The van der Waals surface area contributed by atoms with Crippen LogP contribution in [-0.2, 0) is 14.3 Å². The van der Waals surface area contributed by atoms with Crippen molar-refractivity contribution in [1.82, 2.24) is 5.32 Å². The fourth-order valence-electron chi connectivity index (χ4n) is 8.98. The van der Waals surface area contributed by atoms with Gasteiger partial charge in [-0.15, -0.1) is 0 Å². The molecule has 0 saturated carbocycles. The molecule has 0 spiro atoms. The number of amides is 1. The minimum atomic E-state index is -0.866. The summed E-state index contributed by atoms with van der Waals surface area (Å²) in [5, 5.41) is 23.1. The average Bonchev–Trinajstić information content (AvgIpc) is 3.31. The van der Waals surface area contributed by atoms with E-state index in [4.69, 9.17) is 4.74 Å². The molecule has 384 valence electrons. The van der Waals surface area contributed by atoms with Gasteiger partial charge in [0.2, 0.25) is 5.91 Å². The Morgan fingerprint density at radius 3 is 1.09 bits per heavy atom. The van der Waals surface area contributed by atoms with Crippen molar-refractivity contribution in [1.29, 1.82) is 0 Å². The zero-order valence-electron chi connectivity index (χ0n) is 43.7. The van der Waals surface area contributed by atoms with Gasteiger partial charge in [0.15, 0.2) is 0 Å². The summed E-state index contributed by atoms with van der Waals surface area (Å²) in [6.07, 6.45) is 66.3. The molecule has 0 saturated heterocycles. The number of carbonyl (C=O) groups excluding carboxylic acids is 2. The zero-order chi connectivity index (χ0) is 47.2. The van der Waals surface area contributed by atoms with Crippen LogP contribution in [0.15, 0.2) is 24.3 Å². The van der Waals surface area contributed by atoms with Crippen LogP contribution in [0.1, 0.15) is 316 Å². The third-order valence-electron chi connectivity index (χ3n) is 13.5. The Bertz CT molecular complexity index is 1010. The Morgan fingerprint density at radius 1 is 0.415 bits per heavy atom. The van der Waals surface area contributed by atoms with Crippen LogP contribution in [0.25, 0.3) is 0 Å². The quantitative estimate of drug-likeness (QED) is 0.0321. The van der Waals surface area contributed by atoms with Crippen molar-refractivity contribution in [3.8, 4) is 0 Å². The van der Waals surface area contributed by atoms with E-state index >= 15 is 0 Å². The van der Waals surface area contributed by atoms with Gasteiger partial charge in [0.25, 0.3) is 0 Å². The molecule has 0 aromatic carbocycles. The summed E-state index contributed by atoms with van der Waals surface area (Å²) in [6.45, 7) is 4.84. The molecule has 0 heterocycles. The average molecular weight is 917 g/mol. The first-order chi connectivity index (χ1) is 32.0. The van der Waals surface area contributed by atoms with Gasteiger partial charge in [-0.25, -0.2) is 0 Å². The smallest absolute Gasteiger partial charge is 0.305 e. The van der Waals surface area contributed by atoms with E-state index in [9.17, 15) is 19.8 Å². The van der Waals surface area contributed by atoms with E-state index in [1.807, 2.05) is 6.08 Å². The van der Waals surface area contributed by atoms with E-state index in [0.29, 0.717) is 19.4 Å². The predicted octanol–water partition coefficient (Wildman–Crippen LogP) is 17.9. The van der Waals surface area contributed by atoms with Crippen LogP contribution in [0, 0.1) is 0 Å². The third kappa shape index (κ3) is 51.6. The number of nitrogens with one attached hydrogen (secondary N) is 1. The maximum atomic E-state index is 12.5. The standard InChI is InChI=1S/C59H113NO5/c1-3-5-7-9-11-13-15-17-19-20-21-22-23-24-25-26-28-29-31-35-39-43-47-51-57(62)56(55-61)60-58(63)52-48-44-40-36-33-34-38-42-46-50-54-65-59(64)53-49-45-41-37-32-30-27-18-16-14-12-10-8-6-4-2/h34,38,47,51,56-57,61-62H,3-33,35-37,39-46,48-50,52-55H2,1-2H3,(H,60,63)/b38-34-,51-47+. The first kappa shape index (κ1) is 63.3. The van der Waals surface area contributed by atoms with Gasteiger partial charge < -0.3 is 20.3 Å². The Balaban J connectivity index is 3.53. The molecule has 0 aliphatic heterocycles. The molecule has 0 bridgehead atoms. The molecular formula is C59H113NO5. The number of allylic oxidation sites excluding steroid dienone is 3. The molecule has 0 aliphatic rings. The van der Waals surface area contributed by atoms with Crippen LogP contribution in [0.3, 0.4) is 0 Å². The second kappa shape index (κ2) is 54.9. The number of aliphatic hydroxyl groups is 2. The number of carbonyl (C=O) groups is 2. The van der Waals surface area contributed by atoms with Crippen molar-refractivity contribution in [2.45, 2.75) is 328 Å². The number of unbranched alkanes of at least 4 members (excludes halogenated alkanes) is 41. The zero-order valence-corrected chi connectivity index (χ0v) is 43.7. The summed E-state index contributed by atoms with van der Waals surface area (Å²) in [6, 6.07) is -0.653. The van der Waals surface area contributed by atoms with Crippen molar-refractivity contribution < 1.29 is 24.5 Å². The van der Waals surface area contributed by atoms with Crippen LogP contribution in [0.4, 0.5) is 0 Å². The van der Waals surface area contributed by atoms with E-state index in [1.165, 1.54) is 212 Å². The Labute approximate surface area is 405 Å². The Morgan fingerprint density at radius 2 is 0.723 bits per heavy atom. The van der Waals surface area contributed by atoms with E-state index < -0.39 is 12.1 Å². The van der Waals surface area contributed by atoms with Gasteiger partial charge in [0, 0.05) is 12.8 Å². The summed E-state index contributed by atoms with van der Waals surface area (Å²) < 4.78 is 5.44. The van der Waals surface area contributed by atoms with Crippen molar-refractivity contribution >= 4 is 11.9 Å². The van der Waals surface area contributed by atoms with Crippen LogP contribution in [0.2, 0.25) is 0 Å². The second-order valence-corrected chi connectivity index (χ2v) is 20.0. The highest BCUT2D eigenvalue weighted by atomic mass is 16.5. The molecule has 1 amide bonds. The first-order valence-corrected chi connectivity index (χ1v) is 29.1. The van der Waals surface area contributed by atoms with Gasteiger partial charge in [-0.2, -0.15) is 0 Å². The molecule has 2 unspecified atom stereocenters. The Hall–Kier alpha value is -1.66. The molecule has 0 rings (SSSR count). The van der Waals surface area contributed by atoms with Gasteiger partial charge in [-0.3, -0.25) is 9.59 Å². The Kier molecular flexibility index (Phi) is 53.5. The SMILES string of the molecule is CCCCCCCCCCCCCCCCCCCCCCC/C=C/C(O)C(CO)NC(=O)CCCCCC/C=C\CCCCOC(=O)CCCCCCCCCCCCCCCCC. The summed E-state index contributed by atoms with van der Waals surface area (Å²) in [5.74, 6) is -0.135. The van der Waals surface area contributed by atoms with Crippen LogP contribution in [0.5, 0.6) is 0 Å². The number of hydrogen-bond acceptors (Lipinski definition) is 5. The fraction of sp³-hybridized carbons (Fsp3) is 0.898. The molecule has 6 nitrogen and oxygen atoms in total. The highest BCUT2D eigenvalue weighted by molar-refractivity contribution is 5.76. The monoisotopic (exact) mass is 916 g/mol. The normalized spacial score (nSPS) is 12.7.